The Morgan fingerprint density at radius 2 is 2.31 bits per heavy atom. The summed E-state index contributed by atoms with van der Waals surface area (Å²) in [5, 5.41) is 0. The lowest BCUT2D eigenvalue weighted by molar-refractivity contribution is 0.0971. The van der Waals surface area contributed by atoms with Crippen LogP contribution in [0.4, 0.5) is 0 Å². The third-order valence-electron chi connectivity index (χ3n) is 4.04. The number of rotatable bonds is 3. The Bertz CT molecular complexity index is 418. The van der Waals surface area contributed by atoms with E-state index in [1.165, 1.54) is 25.0 Å². The Morgan fingerprint density at radius 3 is 3.12 bits per heavy atom. The van der Waals surface area contributed by atoms with E-state index in [1.54, 1.807) is 0 Å². The number of nitrogens with zero attached hydrogens (tertiary/aromatic N) is 1. The van der Waals surface area contributed by atoms with Crippen molar-refractivity contribution in [3.63, 3.8) is 0 Å². The molecule has 0 amide bonds. The highest BCUT2D eigenvalue weighted by Gasteiger charge is 2.39. The molecule has 1 fully saturated rings. The van der Waals surface area contributed by atoms with Gasteiger partial charge in [-0.1, -0.05) is 13.3 Å². The van der Waals surface area contributed by atoms with Gasteiger partial charge >= 0.3 is 0 Å². The molecule has 1 aromatic rings. The van der Waals surface area contributed by atoms with Crippen LogP contribution in [0.1, 0.15) is 61.1 Å². The molecule has 16 heavy (non-hydrogen) atoms. The predicted octanol–water partition coefficient (Wildman–Crippen LogP) is 3.37. The van der Waals surface area contributed by atoms with Crippen LogP contribution in [-0.2, 0) is 6.42 Å². The van der Waals surface area contributed by atoms with Crippen LogP contribution in [0.3, 0.4) is 0 Å². The van der Waals surface area contributed by atoms with Crippen LogP contribution < -0.4 is 0 Å². The number of hydrogen-bond acceptors (Lipinski definition) is 1. The van der Waals surface area contributed by atoms with Crippen molar-refractivity contribution < 1.29 is 4.79 Å². The second kappa shape index (κ2) is 3.76. The zero-order valence-electron chi connectivity index (χ0n) is 9.91. The molecule has 1 heterocycles. The lowest BCUT2D eigenvalue weighted by Gasteiger charge is -2.15. The molecular formula is C14H19NO. The summed E-state index contributed by atoms with van der Waals surface area (Å²) in [6, 6.07) is 2.74. The first kappa shape index (κ1) is 10.1. The molecule has 2 heteroatoms. The molecule has 2 atom stereocenters. The van der Waals surface area contributed by atoms with Gasteiger partial charge in [-0.3, -0.25) is 4.79 Å². The largest absolute Gasteiger partial charge is 0.347 e. The quantitative estimate of drug-likeness (QED) is 0.761. The van der Waals surface area contributed by atoms with Crippen LogP contribution in [0.5, 0.6) is 0 Å². The van der Waals surface area contributed by atoms with Gasteiger partial charge in [0.05, 0.1) is 0 Å². The van der Waals surface area contributed by atoms with Crippen LogP contribution >= 0.6 is 0 Å². The second-order valence-electron chi connectivity index (χ2n) is 5.21. The van der Waals surface area contributed by atoms with E-state index in [-0.39, 0.29) is 0 Å². The van der Waals surface area contributed by atoms with Crippen molar-refractivity contribution >= 4 is 5.78 Å². The van der Waals surface area contributed by atoms with Gasteiger partial charge in [0.2, 0.25) is 0 Å². The summed E-state index contributed by atoms with van der Waals surface area (Å²) in [5.41, 5.74) is 2.33. The summed E-state index contributed by atoms with van der Waals surface area (Å²) in [7, 11) is 0. The highest BCUT2D eigenvalue weighted by molar-refractivity contribution is 5.98. The summed E-state index contributed by atoms with van der Waals surface area (Å²) in [6.07, 6.45) is 8.98. The SMILES string of the molecule is CCCC1CC1n1ccc2c1CCCC2=O. The minimum atomic E-state index is 0.354. The molecule has 0 bridgehead atoms. The van der Waals surface area contributed by atoms with E-state index >= 15 is 0 Å². The average molecular weight is 217 g/mol. The van der Waals surface area contributed by atoms with E-state index in [0.717, 1.165) is 30.7 Å². The molecular weight excluding hydrogens is 198 g/mol. The van der Waals surface area contributed by atoms with Crippen LogP contribution in [0.25, 0.3) is 0 Å². The smallest absolute Gasteiger partial charge is 0.164 e. The van der Waals surface area contributed by atoms with Gasteiger partial charge in [-0.05, 0) is 37.7 Å². The van der Waals surface area contributed by atoms with E-state index in [1.807, 2.05) is 6.07 Å². The van der Waals surface area contributed by atoms with E-state index in [9.17, 15) is 4.79 Å². The Labute approximate surface area is 96.6 Å². The normalized spacial score (nSPS) is 27.9. The van der Waals surface area contributed by atoms with Crippen molar-refractivity contribution in [1.82, 2.24) is 4.57 Å². The van der Waals surface area contributed by atoms with Crippen molar-refractivity contribution in [1.29, 1.82) is 0 Å². The molecule has 1 saturated carbocycles. The standard InChI is InChI=1S/C14H19NO/c1-2-4-10-9-13(10)15-8-7-11-12(15)5-3-6-14(11)16/h7-8,10,13H,2-6,9H2,1H3. The molecule has 0 N–H and O–H groups in total. The average Bonchev–Trinajstić information content (AvgIpc) is 2.89. The molecule has 0 radical (unpaired) electrons. The Hall–Kier alpha value is -1.05. The zero-order valence-corrected chi connectivity index (χ0v) is 9.91. The van der Waals surface area contributed by atoms with Gasteiger partial charge in [0.1, 0.15) is 0 Å². The maximum absolute atomic E-state index is 11.7. The minimum absolute atomic E-state index is 0.354. The maximum Gasteiger partial charge on any atom is 0.164 e. The molecule has 2 nitrogen and oxygen atoms in total. The summed E-state index contributed by atoms with van der Waals surface area (Å²) < 4.78 is 2.40. The van der Waals surface area contributed by atoms with Gasteiger partial charge in [0.25, 0.3) is 0 Å². The van der Waals surface area contributed by atoms with Gasteiger partial charge in [-0.15, -0.1) is 0 Å². The summed E-state index contributed by atoms with van der Waals surface area (Å²) in [5.74, 6) is 1.23. The number of fused-ring (bicyclic) bond motifs is 1. The van der Waals surface area contributed by atoms with E-state index in [0.29, 0.717) is 11.8 Å². The van der Waals surface area contributed by atoms with E-state index in [2.05, 4.69) is 17.7 Å². The third kappa shape index (κ3) is 1.51. The lowest BCUT2D eigenvalue weighted by Crippen LogP contribution is -2.12. The van der Waals surface area contributed by atoms with Gasteiger partial charge in [0.15, 0.2) is 5.78 Å². The monoisotopic (exact) mass is 217 g/mol. The predicted molar refractivity (Wildman–Crippen MR) is 63.8 cm³/mol. The molecule has 0 aliphatic heterocycles. The first-order valence-corrected chi connectivity index (χ1v) is 6.54. The zero-order chi connectivity index (χ0) is 11.1. The molecule has 3 rings (SSSR count). The van der Waals surface area contributed by atoms with Gasteiger partial charge in [0, 0.05) is 29.9 Å². The van der Waals surface area contributed by atoms with Crippen LogP contribution in [0.2, 0.25) is 0 Å². The first-order chi connectivity index (χ1) is 7.81. The fourth-order valence-electron chi connectivity index (χ4n) is 3.11. The molecule has 0 saturated heterocycles. The summed E-state index contributed by atoms with van der Waals surface area (Å²) >= 11 is 0. The number of Topliss-reactive ketones (excluding diaryl/α,β-unsaturated/α-hetero) is 1. The van der Waals surface area contributed by atoms with Crippen molar-refractivity contribution in [3.8, 4) is 0 Å². The summed E-state index contributed by atoms with van der Waals surface area (Å²) in [6.45, 7) is 2.25. The third-order valence-corrected chi connectivity index (χ3v) is 4.04. The van der Waals surface area contributed by atoms with E-state index < -0.39 is 0 Å². The maximum atomic E-state index is 11.7. The highest BCUT2D eigenvalue weighted by Crippen LogP contribution is 2.47. The number of hydrogen-bond donors (Lipinski definition) is 0. The molecule has 2 unspecified atom stereocenters. The highest BCUT2D eigenvalue weighted by atomic mass is 16.1. The molecule has 2 aliphatic carbocycles. The van der Waals surface area contributed by atoms with Crippen LogP contribution in [-0.4, -0.2) is 10.4 Å². The van der Waals surface area contributed by atoms with Crippen LogP contribution in [0, 0.1) is 5.92 Å². The van der Waals surface area contributed by atoms with Gasteiger partial charge in [-0.2, -0.15) is 0 Å². The van der Waals surface area contributed by atoms with Crippen LogP contribution in [0.15, 0.2) is 12.3 Å². The van der Waals surface area contributed by atoms with Crippen molar-refractivity contribution in [3.05, 3.63) is 23.5 Å². The van der Waals surface area contributed by atoms with Gasteiger partial charge < -0.3 is 4.57 Å². The van der Waals surface area contributed by atoms with E-state index in [4.69, 9.17) is 0 Å². The molecule has 1 aromatic heterocycles. The first-order valence-electron chi connectivity index (χ1n) is 6.54. The number of carbonyl (C=O) groups excluding carboxylic acids is 1. The topological polar surface area (TPSA) is 22.0 Å². The fourth-order valence-corrected chi connectivity index (χ4v) is 3.11. The fraction of sp³-hybridized carbons (Fsp3) is 0.643. The van der Waals surface area contributed by atoms with Crippen molar-refractivity contribution in [2.75, 3.05) is 0 Å². The molecule has 0 aromatic carbocycles. The van der Waals surface area contributed by atoms with Gasteiger partial charge in [-0.25, -0.2) is 0 Å². The molecule has 86 valence electrons. The molecule has 2 aliphatic rings. The Morgan fingerprint density at radius 1 is 1.44 bits per heavy atom. The molecule has 0 spiro atoms. The lowest BCUT2D eigenvalue weighted by atomic mass is 9.97. The second-order valence-corrected chi connectivity index (χ2v) is 5.21. The van der Waals surface area contributed by atoms with Crippen molar-refractivity contribution in [2.45, 2.75) is 51.5 Å². The van der Waals surface area contributed by atoms with Crippen molar-refractivity contribution in [2.24, 2.45) is 5.92 Å². The minimum Gasteiger partial charge on any atom is -0.347 e. The number of ketones is 1. The number of carbonyl (C=O) groups is 1. The number of aromatic nitrogens is 1. The summed E-state index contributed by atoms with van der Waals surface area (Å²) in [4.78, 5) is 11.7. The Balaban J connectivity index is 1.85. The Kier molecular flexibility index (Phi) is 2.38.